The van der Waals surface area contributed by atoms with E-state index in [4.69, 9.17) is 11.6 Å². The normalized spacial score (nSPS) is 24.2. The lowest BCUT2D eigenvalue weighted by Gasteiger charge is -2.36. The Morgan fingerprint density at radius 1 is 1.40 bits per heavy atom. The highest BCUT2D eigenvalue weighted by atomic mass is 35.5. The van der Waals surface area contributed by atoms with Crippen molar-refractivity contribution in [3.05, 3.63) is 34.9 Å². The van der Waals surface area contributed by atoms with Crippen LogP contribution >= 0.6 is 11.6 Å². The maximum atomic E-state index is 6.34. The predicted molar refractivity (Wildman–Crippen MR) is 87.3 cm³/mol. The van der Waals surface area contributed by atoms with Crippen LogP contribution in [0, 0.1) is 5.41 Å². The van der Waals surface area contributed by atoms with Crippen molar-refractivity contribution in [1.29, 1.82) is 0 Å². The second kappa shape index (κ2) is 6.93. The van der Waals surface area contributed by atoms with Crippen LogP contribution in [-0.2, 0) is 0 Å². The van der Waals surface area contributed by atoms with Gasteiger partial charge in [-0.3, -0.25) is 4.90 Å². The number of rotatable bonds is 6. The Kier molecular flexibility index (Phi) is 5.48. The van der Waals surface area contributed by atoms with Gasteiger partial charge in [-0.05, 0) is 50.4 Å². The summed E-state index contributed by atoms with van der Waals surface area (Å²) < 4.78 is 0. The summed E-state index contributed by atoms with van der Waals surface area (Å²) in [6.45, 7) is 8.00. The van der Waals surface area contributed by atoms with Crippen LogP contribution in [0.25, 0.3) is 0 Å². The van der Waals surface area contributed by atoms with Crippen molar-refractivity contribution in [2.24, 2.45) is 5.41 Å². The molecule has 1 aliphatic heterocycles. The van der Waals surface area contributed by atoms with E-state index in [1.54, 1.807) is 0 Å². The number of benzene rings is 1. The zero-order valence-electron chi connectivity index (χ0n) is 13.0. The Labute approximate surface area is 128 Å². The summed E-state index contributed by atoms with van der Waals surface area (Å²) in [5, 5.41) is 4.42. The molecule has 0 radical (unpaired) electrons. The molecule has 1 fully saturated rings. The Hall–Kier alpha value is -0.570. The van der Waals surface area contributed by atoms with Gasteiger partial charge in [0.15, 0.2) is 0 Å². The van der Waals surface area contributed by atoms with E-state index in [2.05, 4.69) is 43.2 Å². The number of hydrogen-bond donors (Lipinski definition) is 1. The van der Waals surface area contributed by atoms with E-state index in [9.17, 15) is 0 Å². The number of halogens is 1. The fourth-order valence-electron chi connectivity index (χ4n) is 3.47. The minimum Gasteiger partial charge on any atom is -0.316 e. The molecular formula is C17H27ClN2. The molecule has 1 N–H and O–H groups in total. The van der Waals surface area contributed by atoms with E-state index < -0.39 is 0 Å². The molecule has 2 atom stereocenters. The lowest BCUT2D eigenvalue weighted by molar-refractivity contribution is 0.145. The predicted octanol–water partition coefficient (Wildman–Crippen LogP) is 4.11. The van der Waals surface area contributed by atoms with Gasteiger partial charge in [0.25, 0.3) is 0 Å². The Morgan fingerprint density at radius 2 is 2.15 bits per heavy atom. The smallest absolute Gasteiger partial charge is 0.0453 e. The number of nitrogens with one attached hydrogen (secondary N) is 1. The van der Waals surface area contributed by atoms with Gasteiger partial charge < -0.3 is 5.32 Å². The van der Waals surface area contributed by atoms with Crippen LogP contribution in [0.2, 0.25) is 5.02 Å². The van der Waals surface area contributed by atoms with Gasteiger partial charge >= 0.3 is 0 Å². The molecule has 0 amide bonds. The summed E-state index contributed by atoms with van der Waals surface area (Å²) in [5.41, 5.74) is 1.67. The van der Waals surface area contributed by atoms with Crippen molar-refractivity contribution in [2.45, 2.75) is 39.2 Å². The molecule has 1 aliphatic rings. The van der Waals surface area contributed by atoms with Gasteiger partial charge in [0.1, 0.15) is 0 Å². The van der Waals surface area contributed by atoms with Crippen LogP contribution in [0.3, 0.4) is 0 Å². The van der Waals surface area contributed by atoms with Crippen molar-refractivity contribution in [3.8, 4) is 0 Å². The molecule has 1 aromatic rings. The Morgan fingerprint density at radius 3 is 2.75 bits per heavy atom. The van der Waals surface area contributed by atoms with E-state index in [1.165, 1.54) is 24.8 Å². The maximum absolute atomic E-state index is 6.34. The fourth-order valence-corrected chi connectivity index (χ4v) is 3.76. The summed E-state index contributed by atoms with van der Waals surface area (Å²) >= 11 is 6.34. The highest BCUT2D eigenvalue weighted by molar-refractivity contribution is 6.31. The summed E-state index contributed by atoms with van der Waals surface area (Å²) in [6, 6.07) is 8.56. The molecule has 0 saturated carbocycles. The van der Waals surface area contributed by atoms with Crippen molar-refractivity contribution >= 4 is 11.6 Å². The van der Waals surface area contributed by atoms with Gasteiger partial charge in [0, 0.05) is 24.2 Å². The molecule has 0 aromatic heterocycles. The van der Waals surface area contributed by atoms with Crippen LogP contribution in [0.1, 0.15) is 44.7 Å². The summed E-state index contributed by atoms with van der Waals surface area (Å²) in [4.78, 5) is 2.46. The monoisotopic (exact) mass is 294 g/mol. The second-order valence-electron chi connectivity index (χ2n) is 6.29. The third-order valence-electron chi connectivity index (χ3n) is 4.71. The molecule has 1 aromatic carbocycles. The van der Waals surface area contributed by atoms with Crippen LogP contribution < -0.4 is 5.32 Å². The zero-order chi connectivity index (χ0) is 14.6. The van der Waals surface area contributed by atoms with Gasteiger partial charge in [-0.2, -0.15) is 0 Å². The SMILES string of the molecule is CCCC1(CN(C)C(C)c2ccccc2Cl)CCNC1. The number of hydrogen-bond acceptors (Lipinski definition) is 2. The highest BCUT2D eigenvalue weighted by Crippen LogP contribution is 2.35. The fraction of sp³-hybridized carbons (Fsp3) is 0.647. The lowest BCUT2D eigenvalue weighted by atomic mass is 9.81. The van der Waals surface area contributed by atoms with Crippen LogP contribution in [-0.4, -0.2) is 31.6 Å². The maximum Gasteiger partial charge on any atom is 0.0453 e. The van der Waals surface area contributed by atoms with Crippen molar-refractivity contribution in [2.75, 3.05) is 26.7 Å². The van der Waals surface area contributed by atoms with Crippen molar-refractivity contribution < 1.29 is 0 Å². The number of nitrogens with zero attached hydrogens (tertiary/aromatic N) is 1. The summed E-state index contributed by atoms with van der Waals surface area (Å²) in [6.07, 6.45) is 3.86. The van der Waals surface area contributed by atoms with Crippen LogP contribution in [0.5, 0.6) is 0 Å². The molecule has 2 nitrogen and oxygen atoms in total. The van der Waals surface area contributed by atoms with Crippen molar-refractivity contribution in [3.63, 3.8) is 0 Å². The second-order valence-corrected chi connectivity index (χ2v) is 6.70. The standard InChI is InChI=1S/C17H27ClN2/c1-4-9-17(10-11-19-12-17)13-20(3)14(2)15-7-5-6-8-16(15)18/h5-8,14,19H,4,9-13H2,1-3H3. The first-order chi connectivity index (χ1) is 9.58. The molecule has 2 rings (SSSR count). The molecule has 112 valence electrons. The van der Waals surface area contributed by atoms with E-state index >= 15 is 0 Å². The van der Waals surface area contributed by atoms with Gasteiger partial charge in [0.05, 0.1) is 0 Å². The topological polar surface area (TPSA) is 15.3 Å². The first kappa shape index (κ1) is 15.8. The average molecular weight is 295 g/mol. The Balaban J connectivity index is 2.07. The minimum atomic E-state index is 0.359. The highest BCUT2D eigenvalue weighted by Gasteiger charge is 2.35. The summed E-state index contributed by atoms with van der Waals surface area (Å²) in [5.74, 6) is 0. The van der Waals surface area contributed by atoms with Gasteiger partial charge in [-0.15, -0.1) is 0 Å². The third kappa shape index (κ3) is 3.55. The molecule has 3 heteroatoms. The van der Waals surface area contributed by atoms with Gasteiger partial charge in [-0.25, -0.2) is 0 Å². The molecular weight excluding hydrogens is 268 g/mol. The summed E-state index contributed by atoms with van der Waals surface area (Å²) in [7, 11) is 2.23. The largest absolute Gasteiger partial charge is 0.316 e. The lowest BCUT2D eigenvalue weighted by Crippen LogP contribution is -2.38. The van der Waals surface area contributed by atoms with E-state index in [1.807, 2.05) is 12.1 Å². The molecule has 0 spiro atoms. The van der Waals surface area contributed by atoms with Gasteiger partial charge in [0.2, 0.25) is 0 Å². The molecule has 1 heterocycles. The van der Waals surface area contributed by atoms with Crippen LogP contribution in [0.4, 0.5) is 0 Å². The Bertz CT molecular complexity index is 427. The van der Waals surface area contributed by atoms with Crippen LogP contribution in [0.15, 0.2) is 24.3 Å². The van der Waals surface area contributed by atoms with E-state index in [-0.39, 0.29) is 0 Å². The molecule has 0 aliphatic carbocycles. The molecule has 20 heavy (non-hydrogen) atoms. The first-order valence-electron chi connectivity index (χ1n) is 7.73. The van der Waals surface area contributed by atoms with Gasteiger partial charge in [-0.1, -0.05) is 43.1 Å². The molecule has 2 unspecified atom stereocenters. The van der Waals surface area contributed by atoms with E-state index in [0.717, 1.165) is 24.7 Å². The molecule has 1 saturated heterocycles. The first-order valence-corrected chi connectivity index (χ1v) is 8.11. The zero-order valence-corrected chi connectivity index (χ0v) is 13.7. The van der Waals surface area contributed by atoms with Crippen molar-refractivity contribution in [1.82, 2.24) is 10.2 Å². The minimum absolute atomic E-state index is 0.359. The molecule has 0 bridgehead atoms. The quantitative estimate of drug-likeness (QED) is 0.849. The van der Waals surface area contributed by atoms with E-state index in [0.29, 0.717) is 11.5 Å². The third-order valence-corrected chi connectivity index (χ3v) is 5.06. The average Bonchev–Trinajstić information content (AvgIpc) is 2.87.